The minimum absolute atomic E-state index is 0.269. The van der Waals surface area contributed by atoms with E-state index in [1.54, 1.807) is 13.3 Å². The number of aromatic nitrogens is 4. The number of nitrogens with one attached hydrogen (secondary N) is 1. The summed E-state index contributed by atoms with van der Waals surface area (Å²) in [6.45, 7) is 3.15. The van der Waals surface area contributed by atoms with Crippen LogP contribution in [0.5, 0.6) is 5.75 Å². The number of imidazole rings is 1. The average Bonchev–Trinajstić information content (AvgIpc) is 3.43. The van der Waals surface area contributed by atoms with E-state index < -0.39 is 11.2 Å². The van der Waals surface area contributed by atoms with Crippen molar-refractivity contribution in [2.45, 2.75) is 24.3 Å². The second-order valence-corrected chi connectivity index (χ2v) is 8.27. The Labute approximate surface area is 178 Å². The summed E-state index contributed by atoms with van der Waals surface area (Å²) in [7, 11) is 1.67. The zero-order chi connectivity index (χ0) is 20.9. The van der Waals surface area contributed by atoms with Gasteiger partial charge in [-0.25, -0.2) is 0 Å². The standard InChI is InChI=1S/C22H24N4O3S/c1-16-20(23-9-8-21(16)29-13-5-12-28-2)15-30(27)22-24-18-7-6-17(14-19(18)25-22)26-10-3-4-11-26/h3-4,6-11,14H,5,12-13,15H2,1-2H3,(H,24,25)/t30-/m1/s1. The summed E-state index contributed by atoms with van der Waals surface area (Å²) in [4.78, 5) is 12.1. The van der Waals surface area contributed by atoms with Crippen molar-refractivity contribution in [3.8, 4) is 11.4 Å². The first-order valence-corrected chi connectivity index (χ1v) is 11.1. The molecule has 156 valence electrons. The molecule has 0 unspecified atom stereocenters. The number of ether oxygens (including phenoxy) is 2. The van der Waals surface area contributed by atoms with Gasteiger partial charge in [-0.15, -0.1) is 0 Å². The minimum atomic E-state index is -1.35. The maximum atomic E-state index is 13.0. The van der Waals surface area contributed by atoms with Gasteiger partial charge in [-0.2, -0.15) is 4.98 Å². The molecule has 0 aliphatic carbocycles. The van der Waals surface area contributed by atoms with Crippen molar-refractivity contribution in [3.63, 3.8) is 0 Å². The highest BCUT2D eigenvalue weighted by Crippen LogP contribution is 2.25. The third kappa shape index (κ3) is 4.51. The first-order valence-electron chi connectivity index (χ1n) is 9.73. The summed E-state index contributed by atoms with van der Waals surface area (Å²) in [5, 5.41) is 0.447. The third-order valence-corrected chi connectivity index (χ3v) is 6.00. The fraction of sp³-hybridized carbons (Fsp3) is 0.273. The smallest absolute Gasteiger partial charge is 0.322 e. The van der Waals surface area contributed by atoms with E-state index in [-0.39, 0.29) is 5.75 Å². The van der Waals surface area contributed by atoms with Crippen molar-refractivity contribution >= 4 is 22.2 Å². The number of hydrogen-bond donors (Lipinski definition) is 1. The van der Waals surface area contributed by atoms with E-state index in [0.717, 1.165) is 40.1 Å². The molecule has 0 bridgehead atoms. The SMILES string of the molecule is COCCCOc1ccnc(C[S@@+]([O-])c2nc3cc(-n4cccc4)ccc3[nH]2)c1C. The Hall–Kier alpha value is -2.81. The Morgan fingerprint density at radius 2 is 2.00 bits per heavy atom. The number of benzene rings is 1. The van der Waals surface area contributed by atoms with Crippen molar-refractivity contribution in [3.05, 3.63) is 66.2 Å². The van der Waals surface area contributed by atoms with Gasteiger partial charge in [0.1, 0.15) is 5.75 Å². The number of nitrogens with zero attached hydrogens (tertiary/aromatic N) is 3. The number of hydrogen-bond acceptors (Lipinski definition) is 5. The molecule has 0 spiro atoms. The molecule has 1 atom stereocenters. The lowest BCUT2D eigenvalue weighted by Gasteiger charge is -2.12. The van der Waals surface area contributed by atoms with Gasteiger partial charge in [0, 0.05) is 61.2 Å². The van der Waals surface area contributed by atoms with Crippen LogP contribution in [0.4, 0.5) is 0 Å². The summed E-state index contributed by atoms with van der Waals surface area (Å²) < 4.78 is 25.8. The van der Waals surface area contributed by atoms with Crippen molar-refractivity contribution in [2.24, 2.45) is 0 Å². The Bertz CT molecular complexity index is 1110. The molecule has 0 aliphatic rings. The molecule has 4 aromatic rings. The first kappa shape index (κ1) is 20.5. The van der Waals surface area contributed by atoms with Crippen LogP contribution in [0.3, 0.4) is 0 Å². The van der Waals surface area contributed by atoms with Crippen LogP contribution in [0.2, 0.25) is 0 Å². The van der Waals surface area contributed by atoms with Crippen LogP contribution < -0.4 is 4.74 Å². The maximum Gasteiger partial charge on any atom is 0.322 e. The quantitative estimate of drug-likeness (QED) is 0.326. The molecule has 30 heavy (non-hydrogen) atoms. The highest BCUT2D eigenvalue weighted by Gasteiger charge is 2.20. The Morgan fingerprint density at radius 3 is 2.80 bits per heavy atom. The first-order chi connectivity index (χ1) is 14.7. The highest BCUT2D eigenvalue weighted by atomic mass is 32.2. The van der Waals surface area contributed by atoms with Gasteiger partial charge in [-0.05, 0) is 43.3 Å². The van der Waals surface area contributed by atoms with Crippen molar-refractivity contribution in [2.75, 3.05) is 20.3 Å². The van der Waals surface area contributed by atoms with Gasteiger partial charge in [0.15, 0.2) is 5.75 Å². The maximum absolute atomic E-state index is 13.0. The molecule has 3 heterocycles. The van der Waals surface area contributed by atoms with Gasteiger partial charge < -0.3 is 18.6 Å². The largest absolute Gasteiger partial charge is 0.609 e. The van der Waals surface area contributed by atoms with Crippen molar-refractivity contribution in [1.82, 2.24) is 19.5 Å². The summed E-state index contributed by atoms with van der Waals surface area (Å²) in [6, 6.07) is 11.7. The zero-order valence-electron chi connectivity index (χ0n) is 17.0. The normalized spacial score (nSPS) is 12.4. The van der Waals surface area contributed by atoms with Gasteiger partial charge >= 0.3 is 5.16 Å². The van der Waals surface area contributed by atoms with Gasteiger partial charge in [0.05, 0.1) is 23.3 Å². The van der Waals surface area contributed by atoms with E-state index in [2.05, 4.69) is 15.0 Å². The molecule has 1 aromatic carbocycles. The second-order valence-electron chi connectivity index (χ2n) is 6.90. The van der Waals surface area contributed by atoms with E-state index in [1.807, 2.05) is 60.3 Å². The summed E-state index contributed by atoms with van der Waals surface area (Å²) in [5.41, 5.74) is 4.28. The number of aromatic amines is 1. The second kappa shape index (κ2) is 9.34. The van der Waals surface area contributed by atoms with Crippen LogP contribution in [-0.4, -0.2) is 44.4 Å². The topological polar surface area (TPSA) is 88.0 Å². The number of rotatable bonds is 9. The van der Waals surface area contributed by atoms with Crippen LogP contribution in [-0.2, 0) is 21.7 Å². The Morgan fingerprint density at radius 1 is 1.17 bits per heavy atom. The minimum Gasteiger partial charge on any atom is -0.609 e. The summed E-state index contributed by atoms with van der Waals surface area (Å²) >= 11 is -1.35. The summed E-state index contributed by atoms with van der Waals surface area (Å²) in [5.74, 6) is 1.03. The van der Waals surface area contributed by atoms with Gasteiger partial charge in [0.25, 0.3) is 0 Å². The van der Waals surface area contributed by atoms with E-state index in [0.29, 0.717) is 18.4 Å². The predicted octanol–water partition coefficient (Wildman–Crippen LogP) is 3.78. The van der Waals surface area contributed by atoms with Crippen molar-refractivity contribution < 1.29 is 14.0 Å². The molecule has 3 aromatic heterocycles. The molecule has 0 amide bonds. The number of pyridine rings is 1. The van der Waals surface area contributed by atoms with Crippen LogP contribution in [0.15, 0.2) is 60.1 Å². The fourth-order valence-electron chi connectivity index (χ4n) is 3.18. The molecule has 1 N–H and O–H groups in total. The molecule has 0 saturated heterocycles. The predicted molar refractivity (Wildman–Crippen MR) is 116 cm³/mol. The molecular weight excluding hydrogens is 400 g/mol. The molecule has 0 fully saturated rings. The summed E-state index contributed by atoms with van der Waals surface area (Å²) in [6.07, 6.45) is 6.45. The monoisotopic (exact) mass is 424 g/mol. The zero-order valence-corrected chi connectivity index (χ0v) is 17.8. The van der Waals surface area contributed by atoms with E-state index in [4.69, 9.17) is 9.47 Å². The van der Waals surface area contributed by atoms with Crippen LogP contribution in [0.25, 0.3) is 16.7 Å². The lowest BCUT2D eigenvalue weighted by atomic mass is 10.2. The molecule has 0 aliphatic heterocycles. The van der Waals surface area contributed by atoms with E-state index in [1.165, 1.54) is 0 Å². The lowest BCUT2D eigenvalue weighted by molar-refractivity contribution is 0.172. The number of methoxy groups -OCH3 is 1. The van der Waals surface area contributed by atoms with E-state index >= 15 is 0 Å². The molecule has 7 nitrogen and oxygen atoms in total. The molecule has 0 saturated carbocycles. The van der Waals surface area contributed by atoms with Crippen LogP contribution in [0, 0.1) is 6.92 Å². The molecule has 0 radical (unpaired) electrons. The Kier molecular flexibility index (Phi) is 6.37. The van der Waals surface area contributed by atoms with Crippen molar-refractivity contribution in [1.29, 1.82) is 0 Å². The van der Waals surface area contributed by atoms with E-state index in [9.17, 15) is 4.55 Å². The molecule has 8 heteroatoms. The Balaban J connectivity index is 1.49. The highest BCUT2D eigenvalue weighted by molar-refractivity contribution is 7.90. The lowest BCUT2D eigenvalue weighted by Crippen LogP contribution is -2.10. The molecular formula is C22H24N4O3S. The van der Waals surface area contributed by atoms with Gasteiger partial charge in [0.2, 0.25) is 0 Å². The van der Waals surface area contributed by atoms with Gasteiger partial charge in [-0.1, -0.05) is 0 Å². The average molecular weight is 425 g/mol. The fourth-order valence-corrected chi connectivity index (χ4v) is 4.28. The van der Waals surface area contributed by atoms with Crippen LogP contribution >= 0.6 is 0 Å². The molecule has 4 rings (SSSR count). The number of fused-ring (bicyclic) bond motifs is 1. The van der Waals surface area contributed by atoms with Gasteiger partial charge in [-0.3, -0.25) is 9.97 Å². The van der Waals surface area contributed by atoms with Crippen LogP contribution in [0.1, 0.15) is 17.7 Å². The number of H-pyrrole nitrogens is 1. The third-order valence-electron chi connectivity index (χ3n) is 4.84.